The average molecular weight is 871 g/mol. The highest BCUT2D eigenvalue weighted by molar-refractivity contribution is 7.00. The monoisotopic (exact) mass is 871 g/mol. The van der Waals surface area contributed by atoms with Gasteiger partial charge in [0.05, 0.1) is 5.69 Å². The van der Waals surface area contributed by atoms with Gasteiger partial charge >= 0.3 is 0 Å². The number of fused-ring (bicyclic) bond motifs is 6. The van der Waals surface area contributed by atoms with Gasteiger partial charge in [0.15, 0.2) is 0 Å². The molecule has 0 fully saturated rings. The molecular formula is C63H75BN2. The van der Waals surface area contributed by atoms with Gasteiger partial charge in [0.25, 0.3) is 6.71 Å². The molecule has 4 aliphatic rings. The van der Waals surface area contributed by atoms with Crippen molar-refractivity contribution in [2.75, 3.05) is 9.80 Å². The maximum absolute atomic E-state index is 2.72. The quantitative estimate of drug-likeness (QED) is 0.163. The topological polar surface area (TPSA) is 6.48 Å². The van der Waals surface area contributed by atoms with Crippen LogP contribution in [0.2, 0.25) is 0 Å². The zero-order valence-corrected chi connectivity index (χ0v) is 43.5. The number of anilines is 6. The lowest BCUT2D eigenvalue weighted by molar-refractivity contribution is 0.332. The Morgan fingerprint density at radius 3 is 1.53 bits per heavy atom. The molecule has 66 heavy (non-hydrogen) atoms. The van der Waals surface area contributed by atoms with Gasteiger partial charge in [-0.1, -0.05) is 178 Å². The maximum atomic E-state index is 2.72. The highest BCUT2D eigenvalue weighted by atomic mass is 15.2. The molecule has 0 saturated carbocycles. The van der Waals surface area contributed by atoms with Gasteiger partial charge in [-0.2, -0.15) is 0 Å². The zero-order chi connectivity index (χ0) is 47.5. The summed E-state index contributed by atoms with van der Waals surface area (Å²) in [6.45, 7) is 41.1. The average Bonchev–Trinajstić information content (AvgIpc) is 3.42. The molecule has 0 saturated heterocycles. The van der Waals surface area contributed by atoms with Gasteiger partial charge in [-0.25, -0.2) is 0 Å². The van der Waals surface area contributed by atoms with Gasteiger partial charge in [0.2, 0.25) is 0 Å². The van der Waals surface area contributed by atoms with Crippen molar-refractivity contribution in [3.05, 3.63) is 148 Å². The van der Waals surface area contributed by atoms with Crippen molar-refractivity contribution in [1.29, 1.82) is 0 Å². The van der Waals surface area contributed by atoms with E-state index in [1.807, 2.05) is 0 Å². The number of nitrogens with zero attached hydrogens (tertiary/aromatic N) is 2. The van der Waals surface area contributed by atoms with Gasteiger partial charge in [-0.05, 0) is 167 Å². The minimum Gasteiger partial charge on any atom is -0.311 e. The first-order valence-corrected chi connectivity index (χ1v) is 25.1. The van der Waals surface area contributed by atoms with E-state index in [2.05, 4.69) is 237 Å². The van der Waals surface area contributed by atoms with Crippen LogP contribution in [0, 0.1) is 0 Å². The van der Waals surface area contributed by atoms with Crippen molar-refractivity contribution in [2.45, 2.75) is 175 Å². The van der Waals surface area contributed by atoms with Crippen LogP contribution in [0.5, 0.6) is 0 Å². The van der Waals surface area contributed by atoms with E-state index >= 15 is 0 Å². The van der Waals surface area contributed by atoms with E-state index in [1.165, 1.54) is 113 Å². The normalized spacial score (nSPS) is 18.6. The highest BCUT2D eigenvalue weighted by Crippen LogP contribution is 2.55. The summed E-state index contributed by atoms with van der Waals surface area (Å²) in [5.74, 6) is 0. The lowest BCUT2D eigenvalue weighted by Gasteiger charge is -2.48. The molecule has 2 heterocycles. The molecule has 6 aromatic rings. The molecule has 0 atom stereocenters. The van der Waals surface area contributed by atoms with Gasteiger partial charge < -0.3 is 9.80 Å². The number of rotatable bonds is 3. The molecule has 2 aliphatic carbocycles. The van der Waals surface area contributed by atoms with E-state index in [0.29, 0.717) is 0 Å². The highest BCUT2D eigenvalue weighted by Gasteiger charge is 2.48. The lowest BCUT2D eigenvalue weighted by Crippen LogP contribution is -2.62. The second-order valence-electron chi connectivity index (χ2n) is 26.6. The fraction of sp³-hybridized carbons (Fsp3) is 0.429. The van der Waals surface area contributed by atoms with E-state index in [0.717, 1.165) is 6.42 Å². The van der Waals surface area contributed by atoms with Crippen LogP contribution in [0.15, 0.2) is 109 Å². The third-order valence-corrected chi connectivity index (χ3v) is 16.6. The first-order valence-electron chi connectivity index (χ1n) is 25.1. The van der Waals surface area contributed by atoms with Crippen LogP contribution in [0.1, 0.15) is 176 Å². The Balaban J connectivity index is 1.37. The van der Waals surface area contributed by atoms with Crippen LogP contribution in [0.3, 0.4) is 0 Å². The SMILES string of the molecule is CC(C)(C)c1ccc2c(c1)B1c3cc4c(cc3N(c3ccc5c(c3)C(C)(C)CC5(C)C)c3cc(C(C)(C)C)cc(c31)N2c1ccc(C(C)(C)C)cc1-c1ccccc1)C(C)(C)CCC4(C)C. The minimum absolute atomic E-state index is 0.00871. The third kappa shape index (κ3) is 6.95. The van der Waals surface area contributed by atoms with Gasteiger partial charge in [-0.3, -0.25) is 0 Å². The largest absolute Gasteiger partial charge is 0.311 e. The summed E-state index contributed by atoms with van der Waals surface area (Å²) < 4.78 is 0. The van der Waals surface area contributed by atoms with E-state index in [1.54, 1.807) is 0 Å². The number of benzene rings is 6. The molecule has 3 heteroatoms. The van der Waals surface area contributed by atoms with Crippen molar-refractivity contribution in [2.24, 2.45) is 0 Å². The molecule has 10 rings (SSSR count). The summed E-state index contributed by atoms with van der Waals surface area (Å²) in [5, 5.41) is 0. The fourth-order valence-corrected chi connectivity index (χ4v) is 12.7. The molecule has 2 nitrogen and oxygen atoms in total. The molecule has 340 valence electrons. The predicted molar refractivity (Wildman–Crippen MR) is 288 cm³/mol. The van der Waals surface area contributed by atoms with Crippen LogP contribution >= 0.6 is 0 Å². The maximum Gasteiger partial charge on any atom is 0.252 e. The summed E-state index contributed by atoms with van der Waals surface area (Å²) in [7, 11) is 0. The first-order chi connectivity index (χ1) is 30.6. The molecule has 2 aliphatic heterocycles. The van der Waals surface area contributed by atoms with Crippen molar-refractivity contribution in [3.63, 3.8) is 0 Å². The Hall–Kier alpha value is -5.02. The Morgan fingerprint density at radius 2 is 0.924 bits per heavy atom. The minimum atomic E-state index is -0.112. The van der Waals surface area contributed by atoms with E-state index in [-0.39, 0.29) is 44.6 Å². The summed E-state index contributed by atoms with van der Waals surface area (Å²) in [6.07, 6.45) is 3.50. The van der Waals surface area contributed by atoms with Crippen molar-refractivity contribution in [1.82, 2.24) is 0 Å². The van der Waals surface area contributed by atoms with Crippen molar-refractivity contribution >= 4 is 57.2 Å². The summed E-state index contributed by atoms with van der Waals surface area (Å²) in [4.78, 5) is 5.39. The molecule has 0 amide bonds. The van der Waals surface area contributed by atoms with Crippen LogP contribution in [-0.2, 0) is 37.9 Å². The van der Waals surface area contributed by atoms with Gasteiger partial charge in [-0.15, -0.1) is 0 Å². The Morgan fingerprint density at radius 1 is 0.409 bits per heavy atom. The Kier molecular flexibility index (Phi) is 9.68. The van der Waals surface area contributed by atoms with Crippen molar-refractivity contribution < 1.29 is 0 Å². The molecule has 0 spiro atoms. The first kappa shape index (κ1) is 44.8. The smallest absolute Gasteiger partial charge is 0.252 e. The number of hydrogen-bond acceptors (Lipinski definition) is 2. The fourth-order valence-electron chi connectivity index (χ4n) is 12.7. The lowest BCUT2D eigenvalue weighted by atomic mass is 9.32. The Bertz CT molecular complexity index is 2960. The summed E-state index contributed by atoms with van der Waals surface area (Å²) in [5.41, 5.74) is 24.6. The van der Waals surface area contributed by atoms with Crippen LogP contribution in [-0.4, -0.2) is 6.71 Å². The molecule has 6 aromatic carbocycles. The Labute approximate surface area is 399 Å². The standard InChI is InChI=1S/C63H75BN2/c1-57(2,3)40-23-27-51(44(31-40)39-21-19-18-20-22-39)66-52-28-24-41(58(4,5)6)32-49(52)64-50-36-47-48(61(12,13)30-29-60(47,10)11)37-53(50)65(54-33-42(59(7,8)9)34-55(66)56(54)64)43-25-26-45-46(35-43)63(16,17)38-62(45,14)15/h18-28,31-37H,29-30,38H2,1-17H3. The molecule has 0 radical (unpaired) electrons. The van der Waals surface area contributed by atoms with Crippen LogP contribution < -0.4 is 26.2 Å². The summed E-state index contributed by atoms with van der Waals surface area (Å²) in [6, 6.07) is 43.9. The second-order valence-corrected chi connectivity index (χ2v) is 26.6. The van der Waals surface area contributed by atoms with E-state index < -0.39 is 0 Å². The van der Waals surface area contributed by atoms with E-state index in [9.17, 15) is 0 Å². The molecular weight excluding hydrogens is 796 g/mol. The number of hydrogen-bond donors (Lipinski definition) is 0. The van der Waals surface area contributed by atoms with Crippen molar-refractivity contribution in [3.8, 4) is 11.1 Å². The molecule has 0 bridgehead atoms. The zero-order valence-electron chi connectivity index (χ0n) is 43.5. The molecule has 0 aromatic heterocycles. The predicted octanol–water partition coefficient (Wildman–Crippen LogP) is 15.6. The van der Waals surface area contributed by atoms with Crippen LogP contribution in [0.25, 0.3) is 11.1 Å². The summed E-state index contributed by atoms with van der Waals surface area (Å²) >= 11 is 0. The molecule has 0 unspecified atom stereocenters. The third-order valence-electron chi connectivity index (χ3n) is 16.6. The van der Waals surface area contributed by atoms with Gasteiger partial charge in [0, 0.05) is 34.0 Å². The van der Waals surface area contributed by atoms with Gasteiger partial charge in [0.1, 0.15) is 0 Å². The van der Waals surface area contributed by atoms with Crippen LogP contribution in [0.4, 0.5) is 34.1 Å². The second kappa shape index (κ2) is 14.3. The van der Waals surface area contributed by atoms with E-state index in [4.69, 9.17) is 0 Å². The molecule has 0 N–H and O–H groups in total.